The van der Waals surface area contributed by atoms with Crippen molar-refractivity contribution in [1.82, 2.24) is 10.0 Å². The van der Waals surface area contributed by atoms with Crippen molar-refractivity contribution < 1.29 is 22.4 Å². The number of carbonyl (C=O) groups is 1. The van der Waals surface area contributed by atoms with Crippen LogP contribution in [0.4, 0.5) is 4.79 Å². The zero-order valence-corrected chi connectivity index (χ0v) is 13.2. The monoisotopic (exact) mass is 338 g/mol. The van der Waals surface area contributed by atoms with Gasteiger partial charge in [0.15, 0.2) is 0 Å². The van der Waals surface area contributed by atoms with Crippen LogP contribution in [0.25, 0.3) is 0 Å². The van der Waals surface area contributed by atoms with E-state index in [0.29, 0.717) is 0 Å². The number of hydrogen-bond acceptors (Lipinski definition) is 5. The first-order valence-electron chi connectivity index (χ1n) is 6.98. The van der Waals surface area contributed by atoms with E-state index in [2.05, 4.69) is 10.0 Å². The van der Waals surface area contributed by atoms with Crippen LogP contribution in [0, 0.1) is 0 Å². The number of sulfonamides is 1. The van der Waals surface area contributed by atoms with Crippen LogP contribution in [0.3, 0.4) is 0 Å². The summed E-state index contributed by atoms with van der Waals surface area (Å²) in [6.07, 6.45) is 2.27. The number of benzene rings is 1. The van der Waals surface area contributed by atoms with Gasteiger partial charge in [0.2, 0.25) is 10.0 Å². The minimum absolute atomic E-state index is 0.0334. The van der Waals surface area contributed by atoms with E-state index in [0.717, 1.165) is 11.1 Å². The summed E-state index contributed by atoms with van der Waals surface area (Å²) in [5, 5.41) is 2.40. The minimum Gasteiger partial charge on any atom is -0.472 e. The molecule has 0 atom stereocenters. The van der Waals surface area contributed by atoms with Gasteiger partial charge < -0.3 is 14.5 Å². The molecule has 0 saturated heterocycles. The summed E-state index contributed by atoms with van der Waals surface area (Å²) in [6, 6.07) is 10.9. The Morgan fingerprint density at radius 2 is 1.91 bits per heavy atom. The summed E-state index contributed by atoms with van der Waals surface area (Å²) < 4.78 is 35.7. The SMILES string of the molecule is O=C(NCCS(=O)(=O)NCc1ccoc1)OCc1ccccc1. The number of ether oxygens (including phenoxy) is 1. The van der Waals surface area contributed by atoms with Crippen LogP contribution in [-0.4, -0.2) is 26.8 Å². The molecule has 1 amide bonds. The third-order valence-electron chi connectivity index (χ3n) is 2.93. The molecule has 0 saturated carbocycles. The van der Waals surface area contributed by atoms with Gasteiger partial charge in [-0.15, -0.1) is 0 Å². The summed E-state index contributed by atoms with van der Waals surface area (Å²) in [6.45, 7) is 0.254. The molecule has 1 aromatic carbocycles. The molecule has 0 aliphatic rings. The highest BCUT2D eigenvalue weighted by Crippen LogP contribution is 2.01. The van der Waals surface area contributed by atoms with Crippen LogP contribution in [0.5, 0.6) is 0 Å². The molecule has 124 valence electrons. The molecule has 8 heteroatoms. The van der Waals surface area contributed by atoms with Crippen molar-refractivity contribution in [3.8, 4) is 0 Å². The first kappa shape index (κ1) is 17.0. The van der Waals surface area contributed by atoms with Crippen LogP contribution in [0.15, 0.2) is 53.3 Å². The lowest BCUT2D eigenvalue weighted by atomic mass is 10.2. The van der Waals surface area contributed by atoms with E-state index in [1.165, 1.54) is 12.5 Å². The summed E-state index contributed by atoms with van der Waals surface area (Å²) in [5.74, 6) is -0.231. The normalized spacial score (nSPS) is 11.1. The van der Waals surface area contributed by atoms with E-state index in [1.54, 1.807) is 6.07 Å². The molecule has 2 aromatic rings. The molecular weight excluding hydrogens is 320 g/mol. The maximum absolute atomic E-state index is 11.8. The molecule has 23 heavy (non-hydrogen) atoms. The van der Waals surface area contributed by atoms with Crippen LogP contribution in [-0.2, 0) is 27.9 Å². The molecule has 0 aliphatic carbocycles. The quantitative estimate of drug-likeness (QED) is 0.762. The smallest absolute Gasteiger partial charge is 0.407 e. The number of alkyl carbamates (subject to hydrolysis) is 1. The van der Waals surface area contributed by atoms with Crippen molar-refractivity contribution in [3.05, 3.63) is 60.1 Å². The number of amides is 1. The highest BCUT2D eigenvalue weighted by atomic mass is 32.2. The van der Waals surface area contributed by atoms with Crippen LogP contribution in [0.2, 0.25) is 0 Å². The molecule has 0 spiro atoms. The third kappa shape index (κ3) is 6.54. The van der Waals surface area contributed by atoms with E-state index in [9.17, 15) is 13.2 Å². The minimum atomic E-state index is -3.48. The maximum atomic E-state index is 11.8. The average molecular weight is 338 g/mol. The zero-order chi connectivity index (χ0) is 16.5. The molecule has 0 bridgehead atoms. The highest BCUT2D eigenvalue weighted by Gasteiger charge is 2.11. The highest BCUT2D eigenvalue weighted by molar-refractivity contribution is 7.89. The van der Waals surface area contributed by atoms with Gasteiger partial charge in [0.1, 0.15) is 6.61 Å². The molecule has 0 fully saturated rings. The zero-order valence-electron chi connectivity index (χ0n) is 12.4. The van der Waals surface area contributed by atoms with Gasteiger partial charge >= 0.3 is 6.09 Å². The summed E-state index contributed by atoms with van der Waals surface area (Å²) >= 11 is 0. The maximum Gasteiger partial charge on any atom is 0.407 e. The second-order valence-corrected chi connectivity index (χ2v) is 6.69. The Morgan fingerprint density at radius 1 is 1.13 bits per heavy atom. The van der Waals surface area contributed by atoms with Gasteiger partial charge in [0, 0.05) is 18.7 Å². The lowest BCUT2D eigenvalue weighted by molar-refractivity contribution is 0.140. The molecule has 7 nitrogen and oxygen atoms in total. The predicted molar refractivity (Wildman–Crippen MR) is 84.0 cm³/mol. The molecular formula is C15H18N2O5S. The standard InChI is InChI=1S/C15H18N2O5S/c18-15(22-12-13-4-2-1-3-5-13)16-7-9-23(19,20)17-10-14-6-8-21-11-14/h1-6,8,11,17H,7,9-10,12H2,(H,16,18). The number of rotatable bonds is 8. The first-order chi connectivity index (χ1) is 11.1. The van der Waals surface area contributed by atoms with Crippen molar-refractivity contribution in [1.29, 1.82) is 0 Å². The van der Waals surface area contributed by atoms with E-state index in [4.69, 9.17) is 9.15 Å². The second kappa shape index (κ2) is 8.35. The van der Waals surface area contributed by atoms with Crippen molar-refractivity contribution in [2.75, 3.05) is 12.3 Å². The Kier molecular flexibility index (Phi) is 6.19. The fraction of sp³-hybridized carbons (Fsp3) is 0.267. The molecule has 0 radical (unpaired) electrons. The average Bonchev–Trinajstić information content (AvgIpc) is 3.05. The van der Waals surface area contributed by atoms with E-state index >= 15 is 0 Å². The fourth-order valence-corrected chi connectivity index (χ4v) is 2.62. The molecule has 0 aliphatic heterocycles. The van der Waals surface area contributed by atoms with Gasteiger partial charge in [-0.3, -0.25) is 0 Å². The number of furan rings is 1. The first-order valence-corrected chi connectivity index (χ1v) is 8.63. The largest absolute Gasteiger partial charge is 0.472 e. The lowest BCUT2D eigenvalue weighted by Gasteiger charge is -2.08. The Balaban J connectivity index is 1.64. The van der Waals surface area contributed by atoms with Crippen molar-refractivity contribution >= 4 is 16.1 Å². The van der Waals surface area contributed by atoms with Gasteiger partial charge in [0.05, 0.1) is 18.3 Å². The summed E-state index contributed by atoms with van der Waals surface area (Å²) in [5.41, 5.74) is 1.58. The van der Waals surface area contributed by atoms with E-state index in [1.807, 2.05) is 30.3 Å². The number of nitrogens with one attached hydrogen (secondary N) is 2. The van der Waals surface area contributed by atoms with Gasteiger partial charge in [0.25, 0.3) is 0 Å². The van der Waals surface area contributed by atoms with Crippen molar-refractivity contribution in [3.63, 3.8) is 0 Å². The third-order valence-corrected chi connectivity index (χ3v) is 4.25. The molecule has 0 unspecified atom stereocenters. The Hall–Kier alpha value is -2.32. The Morgan fingerprint density at radius 3 is 2.61 bits per heavy atom. The Labute approximate surface area is 134 Å². The predicted octanol–water partition coefficient (Wildman–Crippen LogP) is 1.63. The van der Waals surface area contributed by atoms with E-state index < -0.39 is 16.1 Å². The topological polar surface area (TPSA) is 97.6 Å². The van der Waals surface area contributed by atoms with Gasteiger partial charge in [-0.25, -0.2) is 17.9 Å². The summed E-state index contributed by atoms with van der Waals surface area (Å²) in [7, 11) is -3.48. The fourth-order valence-electron chi connectivity index (χ4n) is 1.72. The van der Waals surface area contributed by atoms with E-state index in [-0.39, 0.29) is 25.4 Å². The Bertz CT molecular complexity index is 699. The number of carbonyl (C=O) groups excluding carboxylic acids is 1. The van der Waals surface area contributed by atoms with Crippen LogP contribution < -0.4 is 10.0 Å². The van der Waals surface area contributed by atoms with Crippen LogP contribution >= 0.6 is 0 Å². The molecule has 2 rings (SSSR count). The van der Waals surface area contributed by atoms with Gasteiger partial charge in [-0.1, -0.05) is 30.3 Å². The van der Waals surface area contributed by atoms with Crippen molar-refractivity contribution in [2.24, 2.45) is 0 Å². The summed E-state index contributed by atoms with van der Waals surface area (Å²) in [4.78, 5) is 11.5. The van der Waals surface area contributed by atoms with Crippen LogP contribution in [0.1, 0.15) is 11.1 Å². The number of hydrogen-bond donors (Lipinski definition) is 2. The van der Waals surface area contributed by atoms with Gasteiger partial charge in [-0.05, 0) is 11.6 Å². The molecule has 2 N–H and O–H groups in total. The molecule has 1 aromatic heterocycles. The van der Waals surface area contributed by atoms with Crippen molar-refractivity contribution in [2.45, 2.75) is 13.2 Å². The lowest BCUT2D eigenvalue weighted by Crippen LogP contribution is -2.34. The molecule has 1 heterocycles. The second-order valence-electron chi connectivity index (χ2n) is 4.76. The van der Waals surface area contributed by atoms with Gasteiger partial charge in [-0.2, -0.15) is 0 Å².